The van der Waals surface area contributed by atoms with Crippen molar-refractivity contribution in [2.24, 2.45) is 0 Å². The molecule has 1 rings (SSSR count). The standard InChI is InChI=1S/C16H21ClO3S/c1-16(2,3)21(18,19)12-11-20-15-9-6-8-14(13-15)7-4-5-10-17/h6,8-9,13H,5,10-12H2,1-3H3. The van der Waals surface area contributed by atoms with E-state index in [4.69, 9.17) is 16.3 Å². The first-order valence-corrected chi connectivity index (χ1v) is 8.95. The molecule has 1 aromatic carbocycles. The lowest BCUT2D eigenvalue weighted by molar-refractivity contribution is 0.339. The molecule has 0 aliphatic rings. The Balaban J connectivity index is 2.62. The second kappa shape index (κ2) is 7.72. The summed E-state index contributed by atoms with van der Waals surface area (Å²) >= 11 is 5.56. The van der Waals surface area contributed by atoms with Crippen molar-refractivity contribution in [2.45, 2.75) is 31.9 Å². The van der Waals surface area contributed by atoms with E-state index in [9.17, 15) is 8.42 Å². The summed E-state index contributed by atoms with van der Waals surface area (Å²) in [5.74, 6) is 7.06. The van der Waals surface area contributed by atoms with E-state index in [0.29, 0.717) is 18.1 Å². The number of alkyl halides is 1. The molecule has 116 valence electrons. The van der Waals surface area contributed by atoms with Crippen LogP contribution in [0.15, 0.2) is 24.3 Å². The Kier molecular flexibility index (Phi) is 6.57. The molecule has 5 heteroatoms. The number of hydrogen-bond donors (Lipinski definition) is 0. The van der Waals surface area contributed by atoms with Crippen molar-refractivity contribution >= 4 is 21.4 Å². The minimum absolute atomic E-state index is 0.00134. The lowest BCUT2D eigenvalue weighted by Crippen LogP contribution is -2.32. The summed E-state index contributed by atoms with van der Waals surface area (Å²) < 4.78 is 28.7. The van der Waals surface area contributed by atoms with Crippen LogP contribution in [0.4, 0.5) is 0 Å². The number of sulfone groups is 1. The topological polar surface area (TPSA) is 43.4 Å². The molecule has 0 aliphatic heterocycles. The molecule has 0 radical (unpaired) electrons. The Labute approximate surface area is 132 Å². The Hall–Kier alpha value is -1.18. The van der Waals surface area contributed by atoms with Gasteiger partial charge in [0, 0.05) is 17.9 Å². The second-order valence-corrected chi connectivity index (χ2v) is 8.79. The predicted octanol–water partition coefficient (Wildman–Crippen LogP) is 3.26. The van der Waals surface area contributed by atoms with Gasteiger partial charge in [0.1, 0.15) is 12.4 Å². The van der Waals surface area contributed by atoms with Crippen LogP contribution in [-0.2, 0) is 9.84 Å². The highest BCUT2D eigenvalue weighted by Gasteiger charge is 2.28. The number of ether oxygens (including phenoxy) is 1. The summed E-state index contributed by atoms with van der Waals surface area (Å²) in [4.78, 5) is 0. The van der Waals surface area contributed by atoms with E-state index < -0.39 is 14.6 Å². The van der Waals surface area contributed by atoms with Gasteiger partial charge in [0.25, 0.3) is 0 Å². The maximum absolute atomic E-state index is 12.0. The van der Waals surface area contributed by atoms with E-state index in [1.54, 1.807) is 32.9 Å². The Morgan fingerprint density at radius 2 is 2.00 bits per heavy atom. The van der Waals surface area contributed by atoms with Gasteiger partial charge in [0.2, 0.25) is 0 Å². The van der Waals surface area contributed by atoms with Gasteiger partial charge in [0.05, 0.1) is 10.5 Å². The van der Waals surface area contributed by atoms with E-state index in [1.807, 2.05) is 12.1 Å². The Morgan fingerprint density at radius 3 is 2.62 bits per heavy atom. The van der Waals surface area contributed by atoms with E-state index in [-0.39, 0.29) is 12.4 Å². The molecule has 0 saturated carbocycles. The van der Waals surface area contributed by atoms with E-state index >= 15 is 0 Å². The zero-order chi connectivity index (χ0) is 15.9. The van der Waals surface area contributed by atoms with Crippen LogP contribution in [-0.4, -0.2) is 31.4 Å². The maximum atomic E-state index is 12.0. The highest BCUT2D eigenvalue weighted by molar-refractivity contribution is 7.92. The molecule has 0 bridgehead atoms. The summed E-state index contributed by atoms with van der Waals surface area (Å²) in [6, 6.07) is 7.29. The third-order valence-corrected chi connectivity index (χ3v) is 5.60. The van der Waals surface area contributed by atoms with Crippen LogP contribution in [0.25, 0.3) is 0 Å². The monoisotopic (exact) mass is 328 g/mol. The predicted molar refractivity (Wildman–Crippen MR) is 87.7 cm³/mol. The van der Waals surface area contributed by atoms with Crippen LogP contribution < -0.4 is 4.74 Å². The smallest absolute Gasteiger partial charge is 0.158 e. The summed E-state index contributed by atoms with van der Waals surface area (Å²) in [6.45, 7) is 5.21. The summed E-state index contributed by atoms with van der Waals surface area (Å²) in [7, 11) is -3.16. The highest BCUT2D eigenvalue weighted by atomic mass is 35.5. The average molecular weight is 329 g/mol. The van der Waals surface area contributed by atoms with Gasteiger partial charge in [-0.15, -0.1) is 11.6 Å². The molecule has 1 aromatic rings. The minimum Gasteiger partial charge on any atom is -0.492 e. The first-order valence-electron chi connectivity index (χ1n) is 6.76. The molecule has 0 heterocycles. The molecule has 3 nitrogen and oxygen atoms in total. The lowest BCUT2D eigenvalue weighted by atomic mass is 10.2. The second-order valence-electron chi connectivity index (χ2n) is 5.55. The van der Waals surface area contributed by atoms with Crippen LogP contribution in [0, 0.1) is 11.8 Å². The quantitative estimate of drug-likeness (QED) is 0.615. The summed E-state index contributed by atoms with van der Waals surface area (Å²) in [5, 5.41) is 0. The number of halogens is 1. The van der Waals surface area contributed by atoms with Gasteiger partial charge < -0.3 is 4.74 Å². The van der Waals surface area contributed by atoms with Crippen molar-refractivity contribution in [3.63, 3.8) is 0 Å². The average Bonchev–Trinajstić information content (AvgIpc) is 2.38. The summed E-state index contributed by atoms with van der Waals surface area (Å²) in [6.07, 6.45) is 0.635. The molecule has 0 spiro atoms. The molecule has 21 heavy (non-hydrogen) atoms. The molecule has 0 unspecified atom stereocenters. The van der Waals surface area contributed by atoms with Gasteiger partial charge in [-0.1, -0.05) is 17.9 Å². The van der Waals surface area contributed by atoms with Gasteiger partial charge in [-0.2, -0.15) is 0 Å². The third-order valence-electron chi connectivity index (χ3n) is 2.84. The third kappa shape index (κ3) is 5.99. The molecular formula is C16H21ClO3S. The van der Waals surface area contributed by atoms with Gasteiger partial charge in [-0.25, -0.2) is 8.42 Å². The fourth-order valence-electron chi connectivity index (χ4n) is 1.45. The largest absolute Gasteiger partial charge is 0.492 e. The van der Waals surface area contributed by atoms with Crippen molar-refractivity contribution in [1.82, 2.24) is 0 Å². The molecule has 0 saturated heterocycles. The SMILES string of the molecule is CC(C)(C)S(=O)(=O)CCOc1cccc(C#CCCCl)c1. The van der Waals surface area contributed by atoms with E-state index in [0.717, 1.165) is 5.56 Å². The molecule has 0 amide bonds. The van der Waals surface area contributed by atoms with Crippen LogP contribution in [0.3, 0.4) is 0 Å². The lowest BCUT2D eigenvalue weighted by Gasteiger charge is -2.19. The van der Waals surface area contributed by atoms with Gasteiger partial charge in [0.15, 0.2) is 9.84 Å². The van der Waals surface area contributed by atoms with E-state index in [1.165, 1.54) is 0 Å². The van der Waals surface area contributed by atoms with Crippen LogP contribution in [0.5, 0.6) is 5.75 Å². The first kappa shape index (κ1) is 17.9. The van der Waals surface area contributed by atoms with Crippen LogP contribution in [0.1, 0.15) is 32.8 Å². The van der Waals surface area contributed by atoms with Crippen LogP contribution in [0.2, 0.25) is 0 Å². The Morgan fingerprint density at radius 1 is 1.29 bits per heavy atom. The summed E-state index contributed by atoms with van der Waals surface area (Å²) in [5.41, 5.74) is 0.830. The van der Waals surface area contributed by atoms with Crippen molar-refractivity contribution < 1.29 is 13.2 Å². The van der Waals surface area contributed by atoms with Crippen LogP contribution >= 0.6 is 11.6 Å². The fraction of sp³-hybridized carbons (Fsp3) is 0.500. The molecule has 0 atom stereocenters. The molecule has 0 fully saturated rings. The fourth-order valence-corrected chi connectivity index (χ4v) is 2.46. The number of hydrogen-bond acceptors (Lipinski definition) is 3. The van der Waals surface area contributed by atoms with E-state index in [2.05, 4.69) is 11.8 Å². The van der Waals surface area contributed by atoms with Crippen molar-refractivity contribution in [3.05, 3.63) is 29.8 Å². The molecule has 0 aromatic heterocycles. The Bertz CT molecular complexity index is 619. The van der Waals surface area contributed by atoms with Gasteiger partial charge >= 0.3 is 0 Å². The highest BCUT2D eigenvalue weighted by Crippen LogP contribution is 2.17. The molecule has 0 aliphatic carbocycles. The number of rotatable bonds is 5. The van der Waals surface area contributed by atoms with Gasteiger partial charge in [-0.05, 0) is 39.0 Å². The zero-order valence-corrected chi connectivity index (χ0v) is 14.2. The maximum Gasteiger partial charge on any atom is 0.158 e. The number of benzene rings is 1. The first-order chi connectivity index (χ1) is 9.76. The van der Waals surface area contributed by atoms with Gasteiger partial charge in [-0.3, -0.25) is 0 Å². The molecule has 0 N–H and O–H groups in total. The minimum atomic E-state index is -3.16. The zero-order valence-electron chi connectivity index (χ0n) is 12.6. The van der Waals surface area contributed by atoms with Crippen molar-refractivity contribution in [1.29, 1.82) is 0 Å². The molecular weight excluding hydrogens is 308 g/mol. The van der Waals surface area contributed by atoms with Crippen molar-refractivity contribution in [3.8, 4) is 17.6 Å². The van der Waals surface area contributed by atoms with Crippen molar-refractivity contribution in [2.75, 3.05) is 18.2 Å². The normalized spacial score (nSPS) is 11.6.